The highest BCUT2D eigenvalue weighted by Gasteiger charge is 2.44. The fraction of sp³-hybridized carbons (Fsp3) is 0.833. The molecule has 16 heavy (non-hydrogen) atoms. The van der Waals surface area contributed by atoms with Crippen molar-refractivity contribution in [1.29, 1.82) is 0 Å². The normalized spacial score (nSPS) is 29.1. The number of hydrogen-bond acceptors (Lipinski definition) is 3. The van der Waals surface area contributed by atoms with E-state index in [2.05, 4.69) is 5.32 Å². The van der Waals surface area contributed by atoms with Crippen molar-refractivity contribution in [2.75, 3.05) is 19.6 Å². The molecular formula is C12H20N2O2. The SMILES string of the molecule is CC1(C)CC(=O)N(CCC2CCNC2)C1=O. The third-order valence-corrected chi connectivity index (χ3v) is 3.64. The predicted molar refractivity (Wildman–Crippen MR) is 60.7 cm³/mol. The molecule has 2 rings (SSSR count). The molecule has 2 heterocycles. The molecule has 1 unspecified atom stereocenters. The van der Waals surface area contributed by atoms with Crippen LogP contribution in [0, 0.1) is 11.3 Å². The number of nitrogens with one attached hydrogen (secondary N) is 1. The standard InChI is InChI=1S/C12H20N2O2/c1-12(2)7-10(15)14(11(12)16)6-4-9-3-5-13-8-9/h9,13H,3-8H2,1-2H3. The van der Waals surface area contributed by atoms with Gasteiger partial charge in [0, 0.05) is 13.0 Å². The minimum absolute atomic E-state index is 0.000885. The van der Waals surface area contributed by atoms with Crippen LogP contribution in [0.2, 0.25) is 0 Å². The highest BCUT2D eigenvalue weighted by molar-refractivity contribution is 6.05. The molecule has 1 atom stereocenters. The van der Waals surface area contributed by atoms with Crippen molar-refractivity contribution >= 4 is 11.8 Å². The summed E-state index contributed by atoms with van der Waals surface area (Å²) in [7, 11) is 0. The number of imide groups is 1. The summed E-state index contributed by atoms with van der Waals surface area (Å²) in [4.78, 5) is 25.1. The number of carbonyl (C=O) groups is 2. The van der Waals surface area contributed by atoms with Crippen molar-refractivity contribution in [3.8, 4) is 0 Å². The Hall–Kier alpha value is -0.900. The van der Waals surface area contributed by atoms with Gasteiger partial charge in [-0.25, -0.2) is 0 Å². The van der Waals surface area contributed by atoms with Crippen molar-refractivity contribution < 1.29 is 9.59 Å². The van der Waals surface area contributed by atoms with Crippen LogP contribution in [-0.4, -0.2) is 36.3 Å². The molecule has 0 aromatic heterocycles. The van der Waals surface area contributed by atoms with E-state index in [1.807, 2.05) is 13.8 Å². The maximum Gasteiger partial charge on any atom is 0.235 e. The van der Waals surface area contributed by atoms with Gasteiger partial charge in [-0.3, -0.25) is 14.5 Å². The Morgan fingerprint density at radius 3 is 2.69 bits per heavy atom. The molecule has 0 spiro atoms. The maximum atomic E-state index is 11.9. The molecule has 4 heteroatoms. The van der Waals surface area contributed by atoms with Gasteiger partial charge in [-0.05, 0) is 31.8 Å². The smallest absolute Gasteiger partial charge is 0.235 e. The van der Waals surface area contributed by atoms with Gasteiger partial charge in [0.25, 0.3) is 0 Å². The second-order valence-corrected chi connectivity index (χ2v) is 5.56. The van der Waals surface area contributed by atoms with Crippen LogP contribution in [0.5, 0.6) is 0 Å². The first-order valence-corrected chi connectivity index (χ1v) is 6.06. The van der Waals surface area contributed by atoms with E-state index in [1.165, 1.54) is 11.3 Å². The topological polar surface area (TPSA) is 49.4 Å². The molecule has 2 aliphatic rings. The van der Waals surface area contributed by atoms with Crippen LogP contribution in [0.3, 0.4) is 0 Å². The first-order valence-electron chi connectivity index (χ1n) is 6.06. The van der Waals surface area contributed by atoms with Gasteiger partial charge in [0.2, 0.25) is 11.8 Å². The van der Waals surface area contributed by atoms with E-state index in [0.29, 0.717) is 18.9 Å². The number of hydrogen-bond donors (Lipinski definition) is 1. The average molecular weight is 224 g/mol. The van der Waals surface area contributed by atoms with Crippen molar-refractivity contribution in [2.24, 2.45) is 11.3 Å². The fourth-order valence-corrected chi connectivity index (χ4v) is 2.53. The summed E-state index contributed by atoms with van der Waals surface area (Å²) >= 11 is 0. The third-order valence-electron chi connectivity index (χ3n) is 3.64. The predicted octanol–water partition coefficient (Wildman–Crippen LogP) is 0.771. The largest absolute Gasteiger partial charge is 0.316 e. The van der Waals surface area contributed by atoms with Gasteiger partial charge in [-0.15, -0.1) is 0 Å². The lowest BCUT2D eigenvalue weighted by Crippen LogP contribution is -2.34. The molecule has 2 aliphatic heterocycles. The highest BCUT2D eigenvalue weighted by atomic mass is 16.2. The zero-order valence-corrected chi connectivity index (χ0v) is 10.1. The van der Waals surface area contributed by atoms with E-state index in [4.69, 9.17) is 0 Å². The lowest BCUT2D eigenvalue weighted by molar-refractivity contribution is -0.140. The van der Waals surface area contributed by atoms with Gasteiger partial charge >= 0.3 is 0 Å². The van der Waals surface area contributed by atoms with Crippen molar-refractivity contribution in [3.63, 3.8) is 0 Å². The van der Waals surface area contributed by atoms with E-state index in [-0.39, 0.29) is 11.8 Å². The zero-order chi connectivity index (χ0) is 11.8. The van der Waals surface area contributed by atoms with Gasteiger partial charge in [-0.2, -0.15) is 0 Å². The lowest BCUT2D eigenvalue weighted by Gasteiger charge is -2.19. The Bertz CT molecular complexity index is 306. The molecule has 0 bridgehead atoms. The molecular weight excluding hydrogens is 204 g/mol. The molecule has 1 N–H and O–H groups in total. The number of rotatable bonds is 3. The summed E-state index contributed by atoms with van der Waals surface area (Å²) in [5, 5.41) is 3.30. The highest BCUT2D eigenvalue weighted by Crippen LogP contribution is 2.32. The summed E-state index contributed by atoms with van der Waals surface area (Å²) in [6, 6.07) is 0. The van der Waals surface area contributed by atoms with Crippen molar-refractivity contribution in [2.45, 2.75) is 33.1 Å². The second-order valence-electron chi connectivity index (χ2n) is 5.56. The maximum absolute atomic E-state index is 11.9. The molecule has 0 aromatic rings. The van der Waals surface area contributed by atoms with Crippen LogP contribution in [-0.2, 0) is 9.59 Å². The van der Waals surface area contributed by atoms with E-state index >= 15 is 0 Å². The summed E-state index contributed by atoms with van der Waals surface area (Å²) in [5.41, 5.74) is -0.481. The van der Waals surface area contributed by atoms with Crippen molar-refractivity contribution in [3.05, 3.63) is 0 Å². The summed E-state index contributed by atoms with van der Waals surface area (Å²) in [6.45, 7) is 6.40. The lowest BCUT2D eigenvalue weighted by atomic mass is 9.92. The van der Waals surface area contributed by atoms with Crippen LogP contribution in [0.1, 0.15) is 33.1 Å². The Balaban J connectivity index is 1.89. The molecule has 0 aromatic carbocycles. The molecule has 90 valence electrons. The van der Waals surface area contributed by atoms with Crippen molar-refractivity contribution in [1.82, 2.24) is 10.2 Å². The molecule has 2 saturated heterocycles. The molecule has 0 saturated carbocycles. The molecule has 0 radical (unpaired) electrons. The quantitative estimate of drug-likeness (QED) is 0.720. The number of amides is 2. The van der Waals surface area contributed by atoms with E-state index < -0.39 is 5.41 Å². The van der Waals surface area contributed by atoms with Gasteiger partial charge in [0.15, 0.2) is 0 Å². The third kappa shape index (κ3) is 2.12. The van der Waals surface area contributed by atoms with Crippen LogP contribution in [0.25, 0.3) is 0 Å². The van der Waals surface area contributed by atoms with E-state index in [9.17, 15) is 9.59 Å². The average Bonchev–Trinajstić information content (AvgIpc) is 2.74. The Morgan fingerprint density at radius 2 is 2.19 bits per heavy atom. The number of nitrogens with zero attached hydrogens (tertiary/aromatic N) is 1. The van der Waals surface area contributed by atoms with E-state index in [1.54, 1.807) is 0 Å². The Kier molecular flexibility index (Phi) is 3.02. The zero-order valence-electron chi connectivity index (χ0n) is 10.1. The molecule has 0 aliphatic carbocycles. The minimum Gasteiger partial charge on any atom is -0.316 e. The fourth-order valence-electron chi connectivity index (χ4n) is 2.53. The monoisotopic (exact) mass is 224 g/mol. The van der Waals surface area contributed by atoms with Gasteiger partial charge in [-0.1, -0.05) is 13.8 Å². The van der Waals surface area contributed by atoms with Crippen LogP contribution in [0.15, 0.2) is 0 Å². The summed E-state index contributed by atoms with van der Waals surface area (Å²) in [5.74, 6) is 0.633. The Morgan fingerprint density at radius 1 is 1.44 bits per heavy atom. The van der Waals surface area contributed by atoms with Crippen LogP contribution in [0.4, 0.5) is 0 Å². The van der Waals surface area contributed by atoms with Gasteiger partial charge in [0.05, 0.1) is 5.41 Å². The van der Waals surface area contributed by atoms with Crippen LogP contribution < -0.4 is 5.32 Å². The first-order chi connectivity index (χ1) is 7.50. The van der Waals surface area contributed by atoms with Gasteiger partial charge < -0.3 is 5.32 Å². The number of likely N-dealkylation sites (tertiary alicyclic amines) is 1. The molecule has 2 fully saturated rings. The van der Waals surface area contributed by atoms with Crippen LogP contribution >= 0.6 is 0 Å². The Labute approximate surface area is 96.4 Å². The van der Waals surface area contributed by atoms with Gasteiger partial charge in [0.1, 0.15) is 0 Å². The minimum atomic E-state index is -0.481. The number of carbonyl (C=O) groups excluding carboxylic acids is 2. The molecule has 4 nitrogen and oxygen atoms in total. The summed E-state index contributed by atoms with van der Waals surface area (Å²) < 4.78 is 0. The summed E-state index contributed by atoms with van der Waals surface area (Å²) in [6.07, 6.45) is 2.48. The van der Waals surface area contributed by atoms with E-state index in [0.717, 1.165) is 19.5 Å². The molecule has 2 amide bonds. The first kappa shape index (κ1) is 11.6. The second kappa shape index (κ2) is 4.17.